The molecule has 0 aliphatic rings. The number of methoxy groups -OCH3 is 1. The first-order chi connectivity index (χ1) is 16.4. The van der Waals surface area contributed by atoms with Crippen LogP contribution in [0, 0.1) is 6.92 Å². The first-order valence-corrected chi connectivity index (χ1v) is 10.6. The molecule has 0 unspecified atom stereocenters. The highest BCUT2D eigenvalue weighted by Crippen LogP contribution is 2.44. The Morgan fingerprint density at radius 3 is 2.32 bits per heavy atom. The van der Waals surface area contributed by atoms with Crippen LogP contribution in [0.1, 0.15) is 38.9 Å². The number of aryl methyl sites for hydroxylation is 1. The summed E-state index contributed by atoms with van der Waals surface area (Å²) in [5.74, 6) is -1.21. The number of aromatic amines is 1. The molecule has 174 valence electrons. The van der Waals surface area contributed by atoms with E-state index in [0.717, 1.165) is 0 Å². The van der Waals surface area contributed by atoms with E-state index in [1.165, 1.54) is 10.6 Å². The number of H-pyrrole nitrogens is 1. The smallest absolute Gasteiger partial charge is 0.340 e. The lowest BCUT2D eigenvalue weighted by Gasteiger charge is -2.11. The van der Waals surface area contributed by atoms with Crippen molar-refractivity contribution in [3.63, 3.8) is 0 Å². The summed E-state index contributed by atoms with van der Waals surface area (Å²) >= 11 is 0. The minimum Gasteiger partial charge on any atom is -0.503 e. The fraction of sp³-hybridized carbons (Fsp3) is 0.154. The van der Waals surface area contributed by atoms with Crippen LogP contribution in [0.2, 0.25) is 0 Å². The average Bonchev–Trinajstić information content (AvgIpc) is 3.36. The van der Waals surface area contributed by atoms with E-state index in [1.54, 1.807) is 75.6 Å². The number of aromatic nitrogens is 2. The van der Waals surface area contributed by atoms with Crippen molar-refractivity contribution in [3.05, 3.63) is 83.0 Å². The van der Waals surface area contributed by atoms with Gasteiger partial charge < -0.3 is 24.7 Å². The monoisotopic (exact) mass is 460 g/mol. The second-order valence-electron chi connectivity index (χ2n) is 7.57. The maximum absolute atomic E-state index is 13.5. The van der Waals surface area contributed by atoms with Gasteiger partial charge in [0.25, 0.3) is 0 Å². The van der Waals surface area contributed by atoms with Crippen molar-refractivity contribution in [1.82, 2.24) is 9.55 Å². The van der Waals surface area contributed by atoms with E-state index in [9.17, 15) is 19.8 Å². The van der Waals surface area contributed by atoms with Crippen LogP contribution >= 0.6 is 0 Å². The first kappa shape index (κ1) is 22.7. The molecule has 0 atom stereocenters. The van der Waals surface area contributed by atoms with E-state index >= 15 is 0 Å². The Kier molecular flexibility index (Phi) is 6.14. The third kappa shape index (κ3) is 3.90. The van der Waals surface area contributed by atoms with Gasteiger partial charge in [0.2, 0.25) is 5.88 Å². The standard InChI is InChI=1S/C26H24N2O6/c1-4-34-26(32)19-14-20(27-15(19)2)28-22(16-10-12-18(33-3)13-11-16)21(24(30)25(28)31)23(29)17-8-6-5-7-9-17/h5-14,27,30-31H,4H2,1-3H3. The van der Waals surface area contributed by atoms with E-state index in [-0.39, 0.29) is 29.2 Å². The zero-order valence-corrected chi connectivity index (χ0v) is 19.0. The third-order valence-corrected chi connectivity index (χ3v) is 5.48. The van der Waals surface area contributed by atoms with Crippen molar-refractivity contribution >= 4 is 11.8 Å². The van der Waals surface area contributed by atoms with Crippen LogP contribution in [0.4, 0.5) is 0 Å². The van der Waals surface area contributed by atoms with Crippen LogP contribution in [-0.4, -0.2) is 45.2 Å². The molecule has 0 aliphatic heterocycles. The number of carbonyl (C=O) groups is 2. The number of nitrogens with one attached hydrogen (secondary N) is 1. The molecule has 2 heterocycles. The first-order valence-electron chi connectivity index (χ1n) is 10.6. The van der Waals surface area contributed by atoms with Crippen molar-refractivity contribution in [2.45, 2.75) is 13.8 Å². The highest BCUT2D eigenvalue weighted by Gasteiger charge is 2.31. The molecule has 8 nitrogen and oxygen atoms in total. The van der Waals surface area contributed by atoms with E-state index in [2.05, 4.69) is 4.98 Å². The molecular weight excluding hydrogens is 436 g/mol. The summed E-state index contributed by atoms with van der Waals surface area (Å²) in [7, 11) is 1.54. The number of hydrogen-bond donors (Lipinski definition) is 3. The van der Waals surface area contributed by atoms with Crippen molar-refractivity contribution < 1.29 is 29.3 Å². The van der Waals surface area contributed by atoms with Gasteiger partial charge in [-0.1, -0.05) is 30.3 Å². The maximum Gasteiger partial charge on any atom is 0.340 e. The Morgan fingerprint density at radius 1 is 1.03 bits per heavy atom. The summed E-state index contributed by atoms with van der Waals surface area (Å²) < 4.78 is 11.6. The molecule has 0 fully saturated rings. The van der Waals surface area contributed by atoms with Gasteiger partial charge in [0.1, 0.15) is 11.6 Å². The Morgan fingerprint density at radius 2 is 1.71 bits per heavy atom. The third-order valence-electron chi connectivity index (χ3n) is 5.48. The summed E-state index contributed by atoms with van der Waals surface area (Å²) in [6.07, 6.45) is 0. The quantitative estimate of drug-likeness (QED) is 0.274. The Hall–Kier alpha value is -4.46. The number of nitrogens with zero attached hydrogens (tertiary/aromatic N) is 1. The number of hydrogen-bond acceptors (Lipinski definition) is 6. The van der Waals surface area contributed by atoms with Gasteiger partial charge in [-0.25, -0.2) is 4.79 Å². The molecule has 8 heteroatoms. The lowest BCUT2D eigenvalue weighted by molar-refractivity contribution is 0.0525. The Balaban J connectivity index is 1.98. The number of aromatic hydroxyl groups is 2. The lowest BCUT2D eigenvalue weighted by atomic mass is 9.99. The van der Waals surface area contributed by atoms with Crippen LogP contribution in [-0.2, 0) is 4.74 Å². The number of ether oxygens (including phenoxy) is 2. The fourth-order valence-corrected chi connectivity index (χ4v) is 3.84. The minimum absolute atomic E-state index is 0.0706. The Bertz CT molecular complexity index is 1350. The predicted molar refractivity (Wildman–Crippen MR) is 126 cm³/mol. The molecular formula is C26H24N2O6. The van der Waals surface area contributed by atoms with Gasteiger partial charge in [-0.2, -0.15) is 0 Å². The molecule has 2 aromatic heterocycles. The molecule has 0 spiro atoms. The number of ketones is 1. The number of benzene rings is 2. The minimum atomic E-state index is -0.565. The molecule has 0 aliphatic carbocycles. The van der Waals surface area contributed by atoms with Gasteiger partial charge in [0.15, 0.2) is 11.5 Å². The van der Waals surface area contributed by atoms with Crippen LogP contribution < -0.4 is 4.74 Å². The molecule has 4 rings (SSSR count). The van der Waals surface area contributed by atoms with Crippen molar-refractivity contribution in [1.29, 1.82) is 0 Å². The fourth-order valence-electron chi connectivity index (χ4n) is 3.84. The van der Waals surface area contributed by atoms with Gasteiger partial charge in [0, 0.05) is 11.3 Å². The highest BCUT2D eigenvalue weighted by molar-refractivity contribution is 6.15. The summed E-state index contributed by atoms with van der Waals surface area (Å²) in [5, 5.41) is 21.9. The number of carbonyl (C=O) groups excluding carboxylic acids is 2. The number of rotatable bonds is 7. The largest absolute Gasteiger partial charge is 0.503 e. The van der Waals surface area contributed by atoms with Gasteiger partial charge in [-0.15, -0.1) is 0 Å². The van der Waals surface area contributed by atoms with Crippen LogP contribution in [0.25, 0.3) is 17.1 Å². The molecule has 0 saturated carbocycles. The average molecular weight is 460 g/mol. The molecule has 3 N–H and O–H groups in total. The summed E-state index contributed by atoms with van der Waals surface area (Å²) in [5.41, 5.74) is 1.86. The predicted octanol–water partition coefficient (Wildman–Crippen LogP) is 4.61. The SMILES string of the molecule is CCOC(=O)c1cc(-n2c(O)c(O)c(C(=O)c3ccccc3)c2-c2ccc(OC)cc2)[nH]c1C. The molecule has 2 aromatic carbocycles. The molecule has 4 aromatic rings. The van der Waals surface area contributed by atoms with Crippen molar-refractivity contribution in [2.75, 3.05) is 13.7 Å². The van der Waals surface area contributed by atoms with Crippen LogP contribution in [0.5, 0.6) is 17.4 Å². The van der Waals surface area contributed by atoms with Crippen molar-refractivity contribution in [2.24, 2.45) is 0 Å². The van der Waals surface area contributed by atoms with Gasteiger partial charge in [-0.05, 0) is 49.7 Å². The molecule has 0 bridgehead atoms. The second kappa shape index (κ2) is 9.19. The molecule has 34 heavy (non-hydrogen) atoms. The second-order valence-corrected chi connectivity index (χ2v) is 7.57. The normalized spacial score (nSPS) is 10.8. The van der Waals surface area contributed by atoms with E-state index in [4.69, 9.17) is 9.47 Å². The van der Waals surface area contributed by atoms with Gasteiger partial charge in [0.05, 0.1) is 30.5 Å². The van der Waals surface area contributed by atoms with E-state index < -0.39 is 23.4 Å². The number of esters is 1. The van der Waals surface area contributed by atoms with Crippen LogP contribution in [0.15, 0.2) is 60.7 Å². The van der Waals surface area contributed by atoms with E-state index in [0.29, 0.717) is 22.6 Å². The Labute approximate surface area is 196 Å². The van der Waals surface area contributed by atoms with Crippen LogP contribution in [0.3, 0.4) is 0 Å². The topological polar surface area (TPSA) is 114 Å². The molecule has 0 amide bonds. The molecule has 0 saturated heterocycles. The maximum atomic E-state index is 13.5. The molecule has 0 radical (unpaired) electrons. The van der Waals surface area contributed by atoms with Gasteiger partial charge >= 0.3 is 5.97 Å². The lowest BCUT2D eigenvalue weighted by Crippen LogP contribution is -2.05. The summed E-state index contributed by atoms with van der Waals surface area (Å²) in [6.45, 7) is 3.61. The summed E-state index contributed by atoms with van der Waals surface area (Å²) in [6, 6.07) is 16.8. The highest BCUT2D eigenvalue weighted by atomic mass is 16.5. The van der Waals surface area contributed by atoms with E-state index in [1.807, 2.05) is 0 Å². The van der Waals surface area contributed by atoms with Gasteiger partial charge in [-0.3, -0.25) is 9.36 Å². The zero-order chi connectivity index (χ0) is 24.4. The summed E-state index contributed by atoms with van der Waals surface area (Å²) in [4.78, 5) is 28.9. The van der Waals surface area contributed by atoms with Crippen molar-refractivity contribution in [3.8, 4) is 34.5 Å². The zero-order valence-electron chi connectivity index (χ0n) is 19.0.